The van der Waals surface area contributed by atoms with Crippen LogP contribution in [0.5, 0.6) is 0 Å². The van der Waals surface area contributed by atoms with Gasteiger partial charge in [0.2, 0.25) is 5.60 Å². The Balaban J connectivity index is 1.90. The van der Waals surface area contributed by atoms with Gasteiger partial charge < -0.3 is 26.1 Å². The molecule has 0 aromatic carbocycles. The summed E-state index contributed by atoms with van der Waals surface area (Å²) >= 11 is 0.920. The number of nitrogen functional groups attached to an aromatic ring is 1. The summed E-state index contributed by atoms with van der Waals surface area (Å²) in [5, 5.41) is 32.1. The van der Waals surface area contributed by atoms with Crippen molar-refractivity contribution in [2.45, 2.75) is 38.1 Å². The zero-order chi connectivity index (χ0) is 27.0. The van der Waals surface area contributed by atoms with E-state index in [0.717, 1.165) is 36.1 Å². The van der Waals surface area contributed by atoms with E-state index >= 15 is 0 Å². The van der Waals surface area contributed by atoms with E-state index in [1.165, 1.54) is 5.38 Å². The van der Waals surface area contributed by atoms with E-state index in [1.54, 1.807) is 0 Å². The van der Waals surface area contributed by atoms with Crippen LogP contribution in [0.1, 0.15) is 30.0 Å². The van der Waals surface area contributed by atoms with Crippen LogP contribution in [0.15, 0.2) is 16.7 Å². The number of β-lactam (4-membered cyclic amide) rings is 1. The molecule has 2 atom stereocenters. The van der Waals surface area contributed by atoms with Crippen LogP contribution >= 0.6 is 11.3 Å². The number of oxime groups is 1. The maximum atomic E-state index is 13.0. The lowest BCUT2D eigenvalue weighted by Crippen LogP contribution is -2.73. The molecule has 3 rings (SSSR count). The Hall–Kier alpha value is -4.17. The van der Waals surface area contributed by atoms with Crippen LogP contribution in [0.3, 0.4) is 0 Å². The Morgan fingerprint density at radius 3 is 2.47 bits per heavy atom. The number of thiazole rings is 1. The van der Waals surface area contributed by atoms with Gasteiger partial charge >= 0.3 is 22.2 Å². The second kappa shape index (κ2) is 9.47. The molecule has 0 unspecified atom stereocenters. The van der Waals surface area contributed by atoms with Gasteiger partial charge in [-0.15, -0.1) is 16.4 Å². The Morgan fingerprint density at radius 2 is 1.97 bits per heavy atom. The Labute approximate surface area is 205 Å². The number of carbonyl (C=O) groups is 4. The smallest absolute Gasteiger partial charge is 0.362 e. The molecule has 3 heterocycles. The molecular formula is C16H18N8O10S2. The summed E-state index contributed by atoms with van der Waals surface area (Å²) in [6.07, 6.45) is 0.943. The normalized spacial score (nSPS) is 18.5. The van der Waals surface area contributed by atoms with E-state index in [-0.39, 0.29) is 15.1 Å². The van der Waals surface area contributed by atoms with Crippen molar-refractivity contribution in [1.29, 1.82) is 0 Å². The molecule has 36 heavy (non-hydrogen) atoms. The topological polar surface area (TPSA) is 270 Å². The number of nitrogens with one attached hydrogen (secondary N) is 1. The zero-order valence-corrected chi connectivity index (χ0v) is 19.9. The number of aromatic carboxylic acids is 1. The van der Waals surface area contributed by atoms with E-state index in [0.29, 0.717) is 0 Å². The molecule has 0 saturated carbocycles. The largest absolute Gasteiger partial charge is 0.478 e. The molecular weight excluding hydrogens is 528 g/mol. The Bertz CT molecular complexity index is 1360. The molecule has 1 aliphatic heterocycles. The zero-order valence-electron chi connectivity index (χ0n) is 18.3. The van der Waals surface area contributed by atoms with Crippen molar-refractivity contribution in [3.05, 3.63) is 23.0 Å². The maximum absolute atomic E-state index is 13.0. The van der Waals surface area contributed by atoms with Crippen LogP contribution in [0, 0.1) is 0 Å². The first kappa shape index (κ1) is 26.4. The molecule has 0 aliphatic carbocycles. The standard InChI is InChI=1S/C16H18N8O10S2/c1-16(2,14(29)30)34-21-9(7-5-35-15(17)18-7)11(25)19-10-8(24(12(10)26)36(31,32)33)4-23-3-6(13(27)28)20-22-23/h3,5,8,10H,4H2,1-2H3,(H2,17,18)(H,19,25)(H,27,28)(H,29,30)(H,31,32,33)/t8-,10+/m1/s1. The summed E-state index contributed by atoms with van der Waals surface area (Å²) in [4.78, 5) is 56.6. The van der Waals surface area contributed by atoms with E-state index in [1.807, 2.05) is 0 Å². The number of carboxylic acid groups (broad SMARTS) is 2. The highest BCUT2D eigenvalue weighted by molar-refractivity contribution is 7.84. The van der Waals surface area contributed by atoms with Crippen LogP contribution in [0.25, 0.3) is 0 Å². The molecule has 0 bridgehead atoms. The molecule has 0 radical (unpaired) electrons. The molecule has 20 heteroatoms. The number of carboxylic acids is 2. The van der Waals surface area contributed by atoms with Gasteiger partial charge in [0, 0.05) is 5.38 Å². The number of aliphatic carboxylic acids is 1. The second-order valence-electron chi connectivity index (χ2n) is 7.68. The fraction of sp³-hybridized carbons (Fsp3) is 0.375. The van der Waals surface area contributed by atoms with E-state index in [4.69, 9.17) is 15.7 Å². The highest BCUT2D eigenvalue weighted by Gasteiger charge is 2.54. The predicted octanol–water partition coefficient (Wildman–Crippen LogP) is -2.20. The first-order valence-corrected chi connectivity index (χ1v) is 11.9. The van der Waals surface area contributed by atoms with Crippen LogP contribution in [0.2, 0.25) is 0 Å². The SMILES string of the molecule is CC(C)(ON=C(C(=O)N[C@@H]1C(=O)N(S(=O)(=O)O)[C@@H]1Cn1cc(C(=O)O)nn1)c1csc(N)n1)C(=O)O. The third-order valence-corrected chi connectivity index (χ3v) is 6.32. The molecule has 1 saturated heterocycles. The van der Waals surface area contributed by atoms with Gasteiger partial charge in [0.25, 0.3) is 11.8 Å². The fourth-order valence-corrected chi connectivity index (χ4v) is 4.25. The quantitative estimate of drug-likeness (QED) is 0.0915. The van der Waals surface area contributed by atoms with Crippen molar-refractivity contribution >= 4 is 56.2 Å². The van der Waals surface area contributed by atoms with Crippen molar-refractivity contribution in [2.24, 2.45) is 5.16 Å². The van der Waals surface area contributed by atoms with Crippen molar-refractivity contribution < 1.29 is 47.2 Å². The number of carbonyl (C=O) groups excluding carboxylic acids is 2. The number of rotatable bonds is 10. The Morgan fingerprint density at radius 1 is 1.31 bits per heavy atom. The molecule has 1 aliphatic rings. The number of amides is 2. The van der Waals surface area contributed by atoms with E-state index < -0.39 is 69.7 Å². The molecule has 2 aromatic heterocycles. The minimum absolute atomic E-state index is 0.0264. The fourth-order valence-electron chi connectivity index (χ4n) is 2.83. The second-order valence-corrected chi connectivity index (χ2v) is 9.86. The molecule has 194 valence electrons. The third-order valence-electron chi connectivity index (χ3n) is 4.70. The number of anilines is 1. The third kappa shape index (κ3) is 5.39. The monoisotopic (exact) mass is 546 g/mol. The maximum Gasteiger partial charge on any atom is 0.362 e. The van der Waals surface area contributed by atoms with Crippen LogP contribution in [-0.4, -0.2) is 94.6 Å². The van der Waals surface area contributed by atoms with Gasteiger partial charge in [0.15, 0.2) is 16.5 Å². The van der Waals surface area contributed by atoms with Gasteiger partial charge in [0.1, 0.15) is 11.7 Å². The van der Waals surface area contributed by atoms with Crippen molar-refractivity contribution in [2.75, 3.05) is 5.73 Å². The lowest BCUT2D eigenvalue weighted by molar-refractivity contribution is -0.161. The van der Waals surface area contributed by atoms with Crippen molar-refractivity contribution in [1.82, 2.24) is 29.6 Å². The summed E-state index contributed by atoms with van der Waals surface area (Å²) in [6.45, 7) is 1.82. The van der Waals surface area contributed by atoms with Gasteiger partial charge in [-0.05, 0) is 13.8 Å². The highest BCUT2D eigenvalue weighted by atomic mass is 32.2. The molecule has 2 aromatic rings. The van der Waals surface area contributed by atoms with Gasteiger partial charge in [-0.25, -0.2) is 23.6 Å². The van der Waals surface area contributed by atoms with Gasteiger partial charge in [0.05, 0.1) is 18.8 Å². The van der Waals surface area contributed by atoms with Gasteiger partial charge in [-0.1, -0.05) is 10.4 Å². The molecule has 2 amide bonds. The summed E-state index contributed by atoms with van der Waals surface area (Å²) in [6, 6.07) is -3.01. The Kier molecular flexibility index (Phi) is 6.95. The first-order chi connectivity index (χ1) is 16.6. The summed E-state index contributed by atoms with van der Waals surface area (Å²) in [5.41, 5.74) is 2.53. The first-order valence-electron chi connectivity index (χ1n) is 9.57. The van der Waals surface area contributed by atoms with Gasteiger partial charge in [-0.2, -0.15) is 8.42 Å². The molecule has 6 N–H and O–H groups in total. The minimum atomic E-state index is -5.06. The average molecular weight is 547 g/mol. The summed E-state index contributed by atoms with van der Waals surface area (Å²) in [7, 11) is -5.06. The van der Waals surface area contributed by atoms with E-state index in [9.17, 15) is 37.3 Å². The molecule has 18 nitrogen and oxygen atoms in total. The number of hydrogen-bond donors (Lipinski definition) is 5. The highest BCUT2D eigenvalue weighted by Crippen LogP contribution is 2.25. The predicted molar refractivity (Wildman–Crippen MR) is 117 cm³/mol. The van der Waals surface area contributed by atoms with Crippen LogP contribution in [0.4, 0.5) is 5.13 Å². The van der Waals surface area contributed by atoms with Crippen molar-refractivity contribution in [3.8, 4) is 0 Å². The molecule has 1 fully saturated rings. The van der Waals surface area contributed by atoms with Crippen molar-refractivity contribution in [3.63, 3.8) is 0 Å². The van der Waals surface area contributed by atoms with Gasteiger partial charge in [-0.3, -0.25) is 14.1 Å². The number of nitrogens with zero attached hydrogens (tertiary/aromatic N) is 6. The van der Waals surface area contributed by atoms with Crippen LogP contribution in [-0.2, 0) is 36.1 Å². The van der Waals surface area contributed by atoms with Crippen LogP contribution < -0.4 is 11.1 Å². The summed E-state index contributed by atoms with van der Waals surface area (Å²) < 4.78 is 33.8. The average Bonchev–Trinajstić information content (AvgIpc) is 3.40. The number of nitrogens with two attached hydrogens (primary N) is 1. The molecule has 0 spiro atoms. The lowest BCUT2D eigenvalue weighted by Gasteiger charge is -2.43. The number of hydrogen-bond acceptors (Lipinski definition) is 13. The number of aromatic nitrogens is 4. The lowest BCUT2D eigenvalue weighted by atomic mass is 9.98. The van der Waals surface area contributed by atoms with E-state index in [2.05, 4.69) is 25.8 Å². The minimum Gasteiger partial charge on any atom is -0.478 e. The summed E-state index contributed by atoms with van der Waals surface area (Å²) in [5.74, 6) is -5.17.